The number of nitrogens with one attached hydrogen (secondary N) is 1. The number of hydrogen-bond donors (Lipinski definition) is 1. The van der Waals surface area contributed by atoms with Gasteiger partial charge in [0.05, 0.1) is 18.4 Å². The summed E-state index contributed by atoms with van der Waals surface area (Å²) in [5.41, 5.74) is 0.714. The fourth-order valence-electron chi connectivity index (χ4n) is 1.74. The minimum absolute atomic E-state index is 0.0548. The van der Waals surface area contributed by atoms with E-state index in [1.807, 2.05) is 6.92 Å². The molecule has 1 aromatic carbocycles. The van der Waals surface area contributed by atoms with Crippen molar-refractivity contribution in [1.29, 1.82) is 0 Å². The minimum atomic E-state index is -0.406. The Morgan fingerprint density at radius 3 is 2.90 bits per heavy atom. The molecule has 0 aliphatic heterocycles. The van der Waals surface area contributed by atoms with Crippen LogP contribution in [0.2, 0.25) is 5.02 Å². The van der Waals surface area contributed by atoms with Crippen LogP contribution in [0.1, 0.15) is 18.9 Å². The van der Waals surface area contributed by atoms with Crippen molar-refractivity contribution in [2.45, 2.75) is 19.9 Å². The van der Waals surface area contributed by atoms with Crippen LogP contribution < -0.4 is 10.9 Å². The summed E-state index contributed by atoms with van der Waals surface area (Å²) in [4.78, 5) is 11.9. The van der Waals surface area contributed by atoms with Gasteiger partial charge in [0.1, 0.15) is 5.82 Å². The zero-order chi connectivity index (χ0) is 14.5. The topological polar surface area (TPSA) is 46.9 Å². The Morgan fingerprint density at radius 1 is 1.40 bits per heavy atom. The molecule has 0 spiro atoms. The summed E-state index contributed by atoms with van der Waals surface area (Å²) in [6.07, 6.45) is 2.51. The third-order valence-corrected chi connectivity index (χ3v) is 3.01. The number of aromatic nitrogens is 2. The third kappa shape index (κ3) is 3.57. The Bertz CT molecular complexity index is 657. The summed E-state index contributed by atoms with van der Waals surface area (Å²) in [6, 6.07) is 5.69. The molecule has 0 radical (unpaired) electrons. The Balaban J connectivity index is 2.21. The first kappa shape index (κ1) is 14.5. The largest absolute Gasteiger partial charge is 0.384 e. The molecule has 6 heteroatoms. The van der Waals surface area contributed by atoms with Crippen LogP contribution in [0.15, 0.2) is 35.3 Å². The van der Waals surface area contributed by atoms with Gasteiger partial charge in [0.2, 0.25) is 0 Å². The van der Waals surface area contributed by atoms with Crippen molar-refractivity contribution in [3.63, 3.8) is 0 Å². The van der Waals surface area contributed by atoms with Gasteiger partial charge in [0.25, 0.3) is 5.56 Å². The molecule has 20 heavy (non-hydrogen) atoms. The van der Waals surface area contributed by atoms with E-state index in [1.165, 1.54) is 28.9 Å². The van der Waals surface area contributed by atoms with Gasteiger partial charge in [0, 0.05) is 23.2 Å². The Hall–Kier alpha value is -1.88. The van der Waals surface area contributed by atoms with E-state index in [0.29, 0.717) is 16.3 Å². The van der Waals surface area contributed by atoms with E-state index in [4.69, 9.17) is 11.6 Å². The molecule has 0 bridgehead atoms. The molecule has 0 unspecified atom stereocenters. The van der Waals surface area contributed by atoms with Crippen molar-refractivity contribution in [3.05, 3.63) is 57.2 Å². The molecule has 0 fully saturated rings. The van der Waals surface area contributed by atoms with E-state index in [0.717, 1.165) is 13.0 Å². The molecule has 2 aromatic rings. The van der Waals surface area contributed by atoms with Crippen LogP contribution in [0.5, 0.6) is 0 Å². The van der Waals surface area contributed by atoms with Crippen molar-refractivity contribution in [2.75, 3.05) is 11.9 Å². The second kappa shape index (κ2) is 6.52. The third-order valence-electron chi connectivity index (χ3n) is 2.78. The normalized spacial score (nSPS) is 10.6. The second-order valence-corrected chi connectivity index (χ2v) is 4.84. The van der Waals surface area contributed by atoms with Gasteiger partial charge in [-0.2, -0.15) is 5.10 Å². The van der Waals surface area contributed by atoms with E-state index in [-0.39, 0.29) is 12.1 Å². The molecule has 1 aromatic heterocycles. The van der Waals surface area contributed by atoms with Gasteiger partial charge in [0.15, 0.2) is 0 Å². The number of anilines is 1. The second-order valence-electron chi connectivity index (χ2n) is 4.40. The predicted octanol–water partition coefficient (Wildman–Crippen LogP) is 2.91. The number of halogens is 2. The molecule has 0 saturated carbocycles. The molecular weight excluding hydrogens is 281 g/mol. The highest BCUT2D eigenvalue weighted by Crippen LogP contribution is 2.15. The fraction of sp³-hybridized carbons (Fsp3) is 0.286. The lowest BCUT2D eigenvalue weighted by atomic mass is 10.2. The maximum atomic E-state index is 13.6. The van der Waals surface area contributed by atoms with E-state index in [9.17, 15) is 9.18 Å². The molecule has 0 atom stereocenters. The molecule has 2 rings (SSSR count). The Morgan fingerprint density at radius 2 is 2.20 bits per heavy atom. The standard InChI is InChI=1S/C14H15ClFN3O/c1-2-5-17-12-7-14(20)19(18-8-12)9-10-6-11(15)3-4-13(10)16/h3-4,6-8,17H,2,5,9H2,1H3. The van der Waals surface area contributed by atoms with Crippen LogP contribution in [-0.4, -0.2) is 16.3 Å². The molecule has 0 amide bonds. The first-order valence-corrected chi connectivity index (χ1v) is 6.73. The van der Waals surface area contributed by atoms with Crippen molar-refractivity contribution < 1.29 is 4.39 Å². The highest BCUT2D eigenvalue weighted by atomic mass is 35.5. The highest BCUT2D eigenvalue weighted by molar-refractivity contribution is 6.30. The number of nitrogens with zero attached hydrogens (tertiary/aromatic N) is 2. The van der Waals surface area contributed by atoms with Crippen LogP contribution in [0.3, 0.4) is 0 Å². The number of hydrogen-bond acceptors (Lipinski definition) is 3. The van der Waals surface area contributed by atoms with Crippen LogP contribution in [0.25, 0.3) is 0 Å². The summed E-state index contributed by atoms with van der Waals surface area (Å²) in [7, 11) is 0. The van der Waals surface area contributed by atoms with Crippen molar-refractivity contribution in [1.82, 2.24) is 9.78 Å². The van der Waals surface area contributed by atoms with Crippen LogP contribution >= 0.6 is 11.6 Å². The summed E-state index contributed by atoms with van der Waals surface area (Å²) < 4.78 is 14.8. The average Bonchev–Trinajstić information content (AvgIpc) is 2.43. The van der Waals surface area contributed by atoms with Crippen molar-refractivity contribution in [3.8, 4) is 0 Å². The monoisotopic (exact) mass is 295 g/mol. The molecule has 1 N–H and O–H groups in total. The summed E-state index contributed by atoms with van der Waals surface area (Å²) in [6.45, 7) is 2.86. The molecule has 4 nitrogen and oxygen atoms in total. The maximum Gasteiger partial charge on any atom is 0.269 e. The maximum absolute atomic E-state index is 13.6. The highest BCUT2D eigenvalue weighted by Gasteiger charge is 2.06. The van der Waals surface area contributed by atoms with Gasteiger partial charge in [-0.15, -0.1) is 0 Å². The minimum Gasteiger partial charge on any atom is -0.384 e. The predicted molar refractivity (Wildman–Crippen MR) is 77.8 cm³/mol. The first-order chi connectivity index (χ1) is 9.60. The number of rotatable bonds is 5. The van der Waals surface area contributed by atoms with Gasteiger partial charge in [-0.3, -0.25) is 4.79 Å². The summed E-state index contributed by atoms with van der Waals surface area (Å²) in [5.74, 6) is -0.406. The van der Waals surface area contributed by atoms with Gasteiger partial charge in [-0.25, -0.2) is 9.07 Å². The van der Waals surface area contributed by atoms with Crippen LogP contribution in [0.4, 0.5) is 10.1 Å². The molecule has 0 aliphatic rings. The van der Waals surface area contributed by atoms with Gasteiger partial charge >= 0.3 is 0 Å². The zero-order valence-corrected chi connectivity index (χ0v) is 11.8. The van der Waals surface area contributed by atoms with Gasteiger partial charge < -0.3 is 5.32 Å². The van der Waals surface area contributed by atoms with Gasteiger partial charge in [-0.05, 0) is 24.6 Å². The SMILES string of the molecule is CCCNc1cnn(Cc2cc(Cl)ccc2F)c(=O)c1. The van der Waals surface area contributed by atoms with Gasteiger partial charge in [-0.1, -0.05) is 18.5 Å². The lowest BCUT2D eigenvalue weighted by Gasteiger charge is -2.08. The van der Waals surface area contributed by atoms with E-state index >= 15 is 0 Å². The summed E-state index contributed by atoms with van der Waals surface area (Å²) in [5, 5.41) is 7.53. The Labute approximate surface area is 121 Å². The lowest BCUT2D eigenvalue weighted by Crippen LogP contribution is -2.23. The Kier molecular flexibility index (Phi) is 4.74. The number of benzene rings is 1. The van der Waals surface area contributed by atoms with E-state index < -0.39 is 5.82 Å². The lowest BCUT2D eigenvalue weighted by molar-refractivity contribution is 0.572. The molecule has 106 valence electrons. The van der Waals surface area contributed by atoms with Crippen LogP contribution in [0, 0.1) is 5.82 Å². The van der Waals surface area contributed by atoms with Crippen molar-refractivity contribution >= 4 is 17.3 Å². The van der Waals surface area contributed by atoms with Crippen molar-refractivity contribution in [2.24, 2.45) is 0 Å². The first-order valence-electron chi connectivity index (χ1n) is 6.35. The molecule has 1 heterocycles. The zero-order valence-electron chi connectivity index (χ0n) is 11.1. The smallest absolute Gasteiger partial charge is 0.269 e. The molecule has 0 aliphatic carbocycles. The fourth-order valence-corrected chi connectivity index (χ4v) is 1.94. The average molecular weight is 296 g/mol. The van der Waals surface area contributed by atoms with E-state index in [2.05, 4.69) is 10.4 Å². The van der Waals surface area contributed by atoms with E-state index in [1.54, 1.807) is 6.20 Å². The van der Waals surface area contributed by atoms with Crippen LogP contribution in [-0.2, 0) is 6.54 Å². The summed E-state index contributed by atoms with van der Waals surface area (Å²) >= 11 is 5.82. The molecule has 0 saturated heterocycles. The molecular formula is C14H15ClFN3O. The quantitative estimate of drug-likeness (QED) is 0.922.